The maximum Gasteiger partial charge on any atom is 0.269 e. The van der Waals surface area contributed by atoms with E-state index in [2.05, 4.69) is 20.4 Å². The van der Waals surface area contributed by atoms with E-state index >= 15 is 4.39 Å². The second-order valence-corrected chi connectivity index (χ2v) is 12.6. The third-order valence-corrected chi connectivity index (χ3v) is 9.36. The van der Waals surface area contributed by atoms with Gasteiger partial charge in [-0.05, 0) is 78.1 Å². The molecule has 13 heteroatoms. The minimum atomic E-state index is -0.732. The number of halogens is 1. The third-order valence-electron chi connectivity index (χ3n) is 9.36. The molecule has 1 atom stereocenters. The Balaban J connectivity index is 1.02. The van der Waals surface area contributed by atoms with E-state index in [0.717, 1.165) is 16.7 Å². The number of nitrogen functional groups attached to an aromatic ring is 1. The highest BCUT2D eigenvalue weighted by Gasteiger charge is 2.28. The van der Waals surface area contributed by atoms with Gasteiger partial charge in [0.25, 0.3) is 12.2 Å². The van der Waals surface area contributed by atoms with Crippen molar-refractivity contribution in [2.45, 2.75) is 31.8 Å². The van der Waals surface area contributed by atoms with Gasteiger partial charge in [-0.15, -0.1) is 0 Å². The molecule has 0 unspecified atom stereocenters. The minimum absolute atomic E-state index is 0.0878. The number of nitrogens with two attached hydrogens (primary N) is 1. The van der Waals surface area contributed by atoms with Crippen LogP contribution in [0.25, 0.3) is 34.1 Å². The highest BCUT2D eigenvalue weighted by molar-refractivity contribution is 5.95. The summed E-state index contributed by atoms with van der Waals surface area (Å²) in [4.78, 5) is 27.5. The second-order valence-electron chi connectivity index (χ2n) is 12.6. The lowest BCUT2D eigenvalue weighted by Gasteiger charge is -2.19. The summed E-state index contributed by atoms with van der Waals surface area (Å²) in [5.74, 6) is 0.722. The average molecular weight is 707 g/mol. The number of benzene rings is 3. The van der Waals surface area contributed by atoms with Gasteiger partial charge in [-0.1, -0.05) is 36.4 Å². The molecule has 3 N–H and O–H groups in total. The van der Waals surface area contributed by atoms with E-state index in [1.54, 1.807) is 59.6 Å². The van der Waals surface area contributed by atoms with Crippen molar-refractivity contribution in [3.05, 3.63) is 156 Å². The number of aryl methyl sites for hydroxylation is 1. The van der Waals surface area contributed by atoms with Crippen LogP contribution in [-0.4, -0.2) is 35.2 Å². The number of hydrogen-bond acceptors (Lipinski definition) is 9. The Hall–Kier alpha value is -7.02. The van der Waals surface area contributed by atoms with Gasteiger partial charge in [0.15, 0.2) is 23.1 Å². The molecule has 9 rings (SSSR count). The molecule has 2 aliphatic rings. The van der Waals surface area contributed by atoms with Gasteiger partial charge in [0.2, 0.25) is 0 Å². The number of pyridine rings is 2. The topological polar surface area (TPSA) is 144 Å². The summed E-state index contributed by atoms with van der Waals surface area (Å²) < 4.78 is 36.3. The van der Waals surface area contributed by atoms with E-state index in [0.29, 0.717) is 64.9 Å². The third kappa shape index (κ3) is 5.97. The Morgan fingerprint density at radius 3 is 2.62 bits per heavy atom. The number of fused-ring (bicyclic) bond motifs is 2. The highest BCUT2D eigenvalue weighted by Crippen LogP contribution is 2.38. The maximum atomic E-state index is 15.7. The SMILES string of the molecule is Nc1ncccc1-c1nc2c(F)cc(-n3cccn3)nc2n1-c1ccc2c(c1)CC[C@@H]2NC(=O)c1ccc(OCc2ccccc2)c(C2OC=CO2)c1. The predicted molar refractivity (Wildman–Crippen MR) is 193 cm³/mol. The number of carbonyl (C=O) groups excluding carboxylic acids is 1. The molecule has 1 amide bonds. The first-order chi connectivity index (χ1) is 26.0. The summed E-state index contributed by atoms with van der Waals surface area (Å²) in [6, 6.07) is 27.3. The summed E-state index contributed by atoms with van der Waals surface area (Å²) in [5, 5.41) is 7.45. The molecular weight excluding hydrogens is 675 g/mol. The lowest BCUT2D eigenvalue weighted by Crippen LogP contribution is -2.27. The lowest BCUT2D eigenvalue weighted by atomic mass is 10.1. The predicted octanol–water partition coefficient (Wildman–Crippen LogP) is 6.90. The molecule has 7 aromatic rings. The standard InChI is InChI=1S/C40H31FN8O4/c41-31-22-34(48-17-5-16-44-48)46-38-35(31)47-37(29-8-4-15-43-36(29)42)49(38)27-11-12-28-25(20-27)9-13-32(28)45-39(50)26-10-14-33(30(21-26)40-51-18-19-52-40)53-23-24-6-2-1-3-7-24/h1-8,10-12,14-22,32,40H,9,13,23H2,(H2,42,43)(H,45,50)/t32-/m0/s1. The molecule has 0 fully saturated rings. The Kier molecular flexibility index (Phi) is 7.99. The van der Waals surface area contributed by atoms with Crippen molar-refractivity contribution in [1.29, 1.82) is 0 Å². The van der Waals surface area contributed by atoms with Crippen molar-refractivity contribution in [2.24, 2.45) is 0 Å². The Labute approximate surface area is 302 Å². The Morgan fingerprint density at radius 2 is 1.81 bits per heavy atom. The fraction of sp³-hybridized carbons (Fsp3) is 0.125. The summed E-state index contributed by atoms with van der Waals surface area (Å²) >= 11 is 0. The van der Waals surface area contributed by atoms with E-state index < -0.39 is 12.1 Å². The number of nitrogens with one attached hydrogen (secondary N) is 1. The van der Waals surface area contributed by atoms with Crippen LogP contribution in [-0.2, 0) is 22.5 Å². The Bertz CT molecular complexity index is 2510. The molecule has 0 bridgehead atoms. The van der Waals surface area contributed by atoms with Gasteiger partial charge in [0.1, 0.15) is 36.2 Å². The van der Waals surface area contributed by atoms with Crippen molar-refractivity contribution in [1.82, 2.24) is 34.6 Å². The average Bonchev–Trinajstić information content (AvgIpc) is 4.02. The van der Waals surface area contributed by atoms with Crippen molar-refractivity contribution in [3.8, 4) is 28.6 Å². The highest BCUT2D eigenvalue weighted by atomic mass is 19.1. The molecule has 5 heterocycles. The largest absolute Gasteiger partial charge is 0.488 e. The molecule has 3 aromatic carbocycles. The van der Waals surface area contributed by atoms with Crippen LogP contribution in [0.2, 0.25) is 0 Å². The molecule has 0 saturated heterocycles. The van der Waals surface area contributed by atoms with Crippen LogP contribution in [0.4, 0.5) is 10.2 Å². The number of carbonyl (C=O) groups is 1. The normalized spacial score (nSPS) is 14.9. The number of hydrogen-bond donors (Lipinski definition) is 2. The summed E-state index contributed by atoms with van der Waals surface area (Å²) in [6.45, 7) is 0.350. The summed E-state index contributed by atoms with van der Waals surface area (Å²) in [7, 11) is 0. The van der Waals surface area contributed by atoms with Gasteiger partial charge in [-0.25, -0.2) is 24.0 Å². The van der Waals surface area contributed by atoms with Crippen LogP contribution in [0.1, 0.15) is 51.4 Å². The number of anilines is 1. The van der Waals surface area contributed by atoms with E-state index in [-0.39, 0.29) is 23.3 Å². The Morgan fingerprint density at radius 1 is 0.943 bits per heavy atom. The number of nitrogens with zero attached hydrogens (tertiary/aromatic N) is 6. The molecular formula is C40H31FN8O4. The number of aromatic nitrogens is 6. The molecule has 1 aliphatic heterocycles. The van der Waals surface area contributed by atoms with E-state index in [9.17, 15) is 4.79 Å². The number of amides is 1. The zero-order chi connectivity index (χ0) is 35.9. The van der Waals surface area contributed by atoms with E-state index in [4.69, 9.17) is 24.9 Å². The quantitative estimate of drug-likeness (QED) is 0.164. The molecule has 12 nitrogen and oxygen atoms in total. The molecule has 1 aliphatic carbocycles. The summed E-state index contributed by atoms with van der Waals surface area (Å²) in [5.41, 5.74) is 12.0. The molecule has 0 saturated carbocycles. The first-order valence-electron chi connectivity index (χ1n) is 17.0. The maximum absolute atomic E-state index is 15.7. The van der Waals surface area contributed by atoms with Crippen LogP contribution in [0.5, 0.6) is 5.75 Å². The number of imidazole rings is 1. The van der Waals surface area contributed by atoms with Crippen LogP contribution in [0.3, 0.4) is 0 Å². The van der Waals surface area contributed by atoms with Gasteiger partial charge in [-0.2, -0.15) is 5.10 Å². The second kappa shape index (κ2) is 13.3. The summed E-state index contributed by atoms with van der Waals surface area (Å²) in [6.07, 6.45) is 8.49. The smallest absolute Gasteiger partial charge is 0.269 e. The van der Waals surface area contributed by atoms with Gasteiger partial charge >= 0.3 is 0 Å². The molecule has 53 heavy (non-hydrogen) atoms. The first-order valence-corrected chi connectivity index (χ1v) is 17.0. The van der Waals surface area contributed by atoms with E-state index in [1.807, 2.05) is 48.5 Å². The van der Waals surface area contributed by atoms with Crippen LogP contribution in [0.15, 0.2) is 122 Å². The van der Waals surface area contributed by atoms with Gasteiger partial charge in [-0.3, -0.25) is 9.36 Å². The van der Waals surface area contributed by atoms with Crippen LogP contribution < -0.4 is 15.8 Å². The number of ether oxygens (including phenoxy) is 3. The zero-order valence-corrected chi connectivity index (χ0v) is 28.1. The minimum Gasteiger partial charge on any atom is -0.488 e. The fourth-order valence-electron chi connectivity index (χ4n) is 6.81. The molecule has 262 valence electrons. The number of rotatable bonds is 9. The molecule has 0 radical (unpaired) electrons. The van der Waals surface area contributed by atoms with Crippen LogP contribution >= 0.6 is 0 Å². The van der Waals surface area contributed by atoms with E-state index in [1.165, 1.54) is 23.3 Å². The van der Waals surface area contributed by atoms with Gasteiger partial charge in [0, 0.05) is 35.9 Å². The zero-order valence-electron chi connectivity index (χ0n) is 28.1. The van der Waals surface area contributed by atoms with Crippen molar-refractivity contribution in [3.63, 3.8) is 0 Å². The van der Waals surface area contributed by atoms with Crippen molar-refractivity contribution >= 4 is 22.9 Å². The lowest BCUT2D eigenvalue weighted by molar-refractivity contribution is -0.0266. The van der Waals surface area contributed by atoms with Crippen molar-refractivity contribution in [2.75, 3.05) is 5.73 Å². The van der Waals surface area contributed by atoms with Crippen molar-refractivity contribution < 1.29 is 23.4 Å². The van der Waals surface area contributed by atoms with Gasteiger partial charge < -0.3 is 25.3 Å². The van der Waals surface area contributed by atoms with Crippen LogP contribution in [0, 0.1) is 5.82 Å². The molecule has 0 spiro atoms. The first kappa shape index (κ1) is 31.9. The monoisotopic (exact) mass is 706 g/mol. The fourth-order valence-corrected chi connectivity index (χ4v) is 6.81. The van der Waals surface area contributed by atoms with Gasteiger partial charge in [0.05, 0.1) is 17.2 Å². The molecule has 4 aromatic heterocycles.